The second-order valence-electron chi connectivity index (χ2n) is 4.87. The third-order valence-electron chi connectivity index (χ3n) is 3.47. The minimum atomic E-state index is -0.236. The third-order valence-corrected chi connectivity index (χ3v) is 3.71. The lowest BCUT2D eigenvalue weighted by molar-refractivity contribution is 0.626. The Morgan fingerprint density at radius 1 is 1.15 bits per heavy atom. The molecule has 3 aromatic rings. The standard InChI is InChI=1S/C16H14ClFN2/c1-10-4-3-5-13-16(10)20(15(9-17)19-13)14-7-6-12(18)8-11(14)2/h3-8H,9H2,1-2H3. The normalized spacial score (nSPS) is 11.2. The first kappa shape index (κ1) is 13.1. The number of halogens is 2. The van der Waals surface area contributed by atoms with Crippen molar-refractivity contribution in [1.29, 1.82) is 0 Å². The van der Waals surface area contributed by atoms with Gasteiger partial charge in [0.15, 0.2) is 0 Å². The summed E-state index contributed by atoms with van der Waals surface area (Å²) in [6.45, 7) is 3.93. The van der Waals surface area contributed by atoms with Crippen LogP contribution in [-0.2, 0) is 5.88 Å². The molecule has 0 bridgehead atoms. The van der Waals surface area contributed by atoms with Gasteiger partial charge in [-0.15, -0.1) is 11.6 Å². The van der Waals surface area contributed by atoms with Crippen molar-refractivity contribution in [3.05, 3.63) is 59.2 Å². The van der Waals surface area contributed by atoms with Crippen molar-refractivity contribution in [2.75, 3.05) is 0 Å². The average Bonchev–Trinajstić information content (AvgIpc) is 2.79. The first-order valence-corrected chi connectivity index (χ1v) is 6.94. The van der Waals surface area contributed by atoms with Crippen LogP contribution in [0.15, 0.2) is 36.4 Å². The molecule has 0 unspecified atom stereocenters. The van der Waals surface area contributed by atoms with Crippen LogP contribution in [0.25, 0.3) is 16.7 Å². The molecule has 20 heavy (non-hydrogen) atoms. The van der Waals surface area contributed by atoms with Crippen LogP contribution in [0, 0.1) is 19.7 Å². The highest BCUT2D eigenvalue weighted by Crippen LogP contribution is 2.27. The molecule has 0 amide bonds. The summed E-state index contributed by atoms with van der Waals surface area (Å²) in [4.78, 5) is 4.57. The summed E-state index contributed by atoms with van der Waals surface area (Å²) in [7, 11) is 0. The topological polar surface area (TPSA) is 17.8 Å². The summed E-state index contributed by atoms with van der Waals surface area (Å²) in [5, 5.41) is 0. The highest BCUT2D eigenvalue weighted by Gasteiger charge is 2.15. The number of alkyl halides is 1. The second-order valence-corrected chi connectivity index (χ2v) is 5.14. The summed E-state index contributed by atoms with van der Waals surface area (Å²) in [6, 6.07) is 10.7. The summed E-state index contributed by atoms with van der Waals surface area (Å²) in [5.41, 5.74) is 4.83. The largest absolute Gasteiger partial charge is 0.295 e. The lowest BCUT2D eigenvalue weighted by atomic mass is 10.1. The maximum Gasteiger partial charge on any atom is 0.129 e. The van der Waals surface area contributed by atoms with Gasteiger partial charge in [-0.25, -0.2) is 9.37 Å². The van der Waals surface area contributed by atoms with E-state index in [2.05, 4.69) is 4.98 Å². The number of imidazole rings is 1. The first-order chi connectivity index (χ1) is 9.61. The van der Waals surface area contributed by atoms with Gasteiger partial charge in [-0.2, -0.15) is 0 Å². The van der Waals surface area contributed by atoms with Crippen molar-refractivity contribution < 1.29 is 4.39 Å². The van der Waals surface area contributed by atoms with Crippen molar-refractivity contribution >= 4 is 22.6 Å². The molecule has 0 aliphatic heterocycles. The number of para-hydroxylation sites is 1. The molecule has 102 valence electrons. The Bertz CT molecular complexity index is 793. The molecule has 1 aromatic heterocycles. The quantitative estimate of drug-likeness (QED) is 0.634. The molecule has 1 heterocycles. The molecule has 0 aliphatic rings. The molecule has 0 radical (unpaired) electrons. The van der Waals surface area contributed by atoms with Crippen LogP contribution in [-0.4, -0.2) is 9.55 Å². The van der Waals surface area contributed by atoms with Crippen molar-refractivity contribution in [3.63, 3.8) is 0 Å². The maximum atomic E-state index is 13.3. The van der Waals surface area contributed by atoms with E-state index in [9.17, 15) is 4.39 Å². The summed E-state index contributed by atoms with van der Waals surface area (Å²) in [5.74, 6) is 0.843. The monoisotopic (exact) mass is 288 g/mol. The lowest BCUT2D eigenvalue weighted by Crippen LogP contribution is -2.02. The first-order valence-electron chi connectivity index (χ1n) is 6.41. The van der Waals surface area contributed by atoms with Crippen molar-refractivity contribution in [2.45, 2.75) is 19.7 Å². The van der Waals surface area contributed by atoms with Crippen molar-refractivity contribution in [3.8, 4) is 5.69 Å². The zero-order valence-corrected chi connectivity index (χ0v) is 12.1. The predicted octanol–water partition coefficient (Wildman–Crippen LogP) is 4.52. The molecule has 0 saturated heterocycles. The van der Waals surface area contributed by atoms with E-state index in [0.717, 1.165) is 33.7 Å². The van der Waals surface area contributed by atoms with Crippen LogP contribution in [0.4, 0.5) is 4.39 Å². The Labute approximate surface area is 121 Å². The SMILES string of the molecule is Cc1cc(F)ccc1-n1c(CCl)nc2cccc(C)c21. The van der Waals surface area contributed by atoms with Crippen LogP contribution in [0.2, 0.25) is 0 Å². The van der Waals surface area contributed by atoms with Gasteiger partial charge in [-0.1, -0.05) is 12.1 Å². The number of hydrogen-bond acceptors (Lipinski definition) is 1. The molecular formula is C16H14ClFN2. The van der Waals surface area contributed by atoms with Gasteiger partial charge in [0.1, 0.15) is 11.6 Å². The van der Waals surface area contributed by atoms with E-state index in [0.29, 0.717) is 5.88 Å². The fourth-order valence-corrected chi connectivity index (χ4v) is 2.74. The number of aryl methyl sites for hydroxylation is 2. The molecule has 4 heteroatoms. The van der Waals surface area contributed by atoms with E-state index in [4.69, 9.17) is 11.6 Å². The van der Waals surface area contributed by atoms with Crippen molar-refractivity contribution in [1.82, 2.24) is 9.55 Å². The zero-order chi connectivity index (χ0) is 14.3. The summed E-state index contributed by atoms with van der Waals surface area (Å²) in [6.07, 6.45) is 0. The molecule has 2 aromatic carbocycles. The number of benzene rings is 2. The highest BCUT2D eigenvalue weighted by atomic mass is 35.5. The molecule has 0 spiro atoms. The Balaban J connectivity index is 2.39. The van der Waals surface area contributed by atoms with Gasteiger partial charge in [0.2, 0.25) is 0 Å². The average molecular weight is 289 g/mol. The molecule has 0 N–H and O–H groups in total. The van der Waals surface area contributed by atoms with Gasteiger partial charge in [0.05, 0.1) is 22.6 Å². The van der Waals surface area contributed by atoms with Gasteiger partial charge in [-0.3, -0.25) is 4.57 Å². The second kappa shape index (κ2) is 4.91. The number of nitrogens with zero attached hydrogens (tertiary/aromatic N) is 2. The lowest BCUT2D eigenvalue weighted by Gasteiger charge is -2.12. The Morgan fingerprint density at radius 3 is 2.65 bits per heavy atom. The maximum absolute atomic E-state index is 13.3. The number of hydrogen-bond donors (Lipinski definition) is 0. The minimum Gasteiger partial charge on any atom is -0.295 e. The number of fused-ring (bicyclic) bond motifs is 1. The van der Waals surface area contributed by atoms with Crippen LogP contribution in [0.1, 0.15) is 17.0 Å². The van der Waals surface area contributed by atoms with Gasteiger partial charge in [0.25, 0.3) is 0 Å². The molecule has 3 rings (SSSR count). The van der Waals surface area contributed by atoms with E-state index < -0.39 is 0 Å². The fraction of sp³-hybridized carbons (Fsp3) is 0.188. The Hall–Kier alpha value is -1.87. The molecule has 0 saturated carbocycles. The van der Waals surface area contributed by atoms with E-state index in [1.165, 1.54) is 12.1 Å². The van der Waals surface area contributed by atoms with Gasteiger partial charge < -0.3 is 0 Å². The smallest absolute Gasteiger partial charge is 0.129 e. The van der Waals surface area contributed by atoms with Crippen LogP contribution >= 0.6 is 11.6 Å². The predicted molar refractivity (Wildman–Crippen MR) is 80.1 cm³/mol. The molecule has 0 fully saturated rings. The van der Waals surface area contributed by atoms with Crippen LogP contribution in [0.3, 0.4) is 0 Å². The molecule has 0 aliphatic carbocycles. The van der Waals surface area contributed by atoms with Crippen LogP contribution < -0.4 is 0 Å². The Morgan fingerprint density at radius 2 is 1.95 bits per heavy atom. The molecule has 0 atom stereocenters. The molecular weight excluding hydrogens is 275 g/mol. The highest BCUT2D eigenvalue weighted by molar-refractivity contribution is 6.17. The third kappa shape index (κ3) is 1.98. The van der Waals surface area contributed by atoms with Gasteiger partial charge in [-0.05, 0) is 49.2 Å². The summed E-state index contributed by atoms with van der Waals surface area (Å²) >= 11 is 6.03. The Kier molecular flexibility index (Phi) is 3.22. The van der Waals surface area contributed by atoms with Crippen LogP contribution in [0.5, 0.6) is 0 Å². The fourth-order valence-electron chi connectivity index (χ4n) is 2.56. The van der Waals surface area contributed by atoms with Gasteiger partial charge in [0, 0.05) is 0 Å². The van der Waals surface area contributed by atoms with Crippen molar-refractivity contribution in [2.24, 2.45) is 0 Å². The number of aromatic nitrogens is 2. The van der Waals surface area contributed by atoms with Gasteiger partial charge >= 0.3 is 0 Å². The zero-order valence-electron chi connectivity index (χ0n) is 11.3. The van der Waals surface area contributed by atoms with E-state index in [-0.39, 0.29) is 5.82 Å². The molecule has 2 nitrogen and oxygen atoms in total. The minimum absolute atomic E-state index is 0.236. The summed E-state index contributed by atoms with van der Waals surface area (Å²) < 4.78 is 15.3. The number of rotatable bonds is 2. The van der Waals surface area contributed by atoms with E-state index in [1.807, 2.05) is 36.6 Å². The van der Waals surface area contributed by atoms with E-state index in [1.54, 1.807) is 6.07 Å². The van der Waals surface area contributed by atoms with E-state index >= 15 is 0 Å².